The van der Waals surface area contributed by atoms with Crippen LogP contribution in [-0.4, -0.2) is 41.0 Å². The summed E-state index contributed by atoms with van der Waals surface area (Å²) < 4.78 is 0. The van der Waals surface area contributed by atoms with Crippen LogP contribution < -0.4 is 5.32 Å². The van der Waals surface area contributed by atoms with Crippen LogP contribution in [0.15, 0.2) is 49.2 Å². The molecule has 0 unspecified atom stereocenters. The van der Waals surface area contributed by atoms with E-state index in [1.165, 1.54) is 0 Å². The summed E-state index contributed by atoms with van der Waals surface area (Å²) in [6.45, 7) is 0. The van der Waals surface area contributed by atoms with E-state index >= 15 is 0 Å². The number of aromatic amines is 2. The summed E-state index contributed by atoms with van der Waals surface area (Å²) in [5, 5.41) is 11.3. The van der Waals surface area contributed by atoms with Crippen molar-refractivity contribution in [1.82, 2.24) is 35.1 Å². The van der Waals surface area contributed by atoms with Crippen molar-refractivity contribution in [3.05, 3.63) is 49.2 Å². The Morgan fingerprint density at radius 1 is 1.06 bits per heavy atom. The zero-order valence-electron chi connectivity index (χ0n) is 16.5. The minimum Gasteiger partial charge on any atom is -0.335 e. The Balaban J connectivity index is 1.37. The lowest BCUT2D eigenvalue weighted by atomic mass is 9.85. The number of pyridine rings is 3. The molecule has 1 aliphatic rings. The van der Waals surface area contributed by atoms with Gasteiger partial charge < -0.3 is 10.3 Å². The first kappa shape index (κ1) is 17.7. The molecule has 0 atom stereocenters. The van der Waals surface area contributed by atoms with Crippen LogP contribution in [0.2, 0.25) is 0 Å². The Bertz CT molecular complexity index is 1400. The molecule has 0 bridgehead atoms. The molecule has 5 aromatic rings. The van der Waals surface area contributed by atoms with Gasteiger partial charge in [-0.2, -0.15) is 5.10 Å². The zero-order chi connectivity index (χ0) is 20.8. The summed E-state index contributed by atoms with van der Waals surface area (Å²) in [7, 11) is 0. The number of H-pyrrole nitrogens is 2. The molecule has 1 saturated carbocycles. The standard InChI is InChI=1S/C22H18N8O/c31-22(12-2-1-3-12)26-14-6-13(8-24-9-14)17-7-15-18(11-25-17)29-30-20(15)21-27-16-4-5-23-10-19(16)28-21/h4-12H,1-3H2,(H,26,31)(H,27,28)(H,29,30). The average molecular weight is 410 g/mol. The first-order valence-electron chi connectivity index (χ1n) is 10.1. The molecule has 0 spiro atoms. The summed E-state index contributed by atoms with van der Waals surface area (Å²) in [5.74, 6) is 0.835. The molecule has 6 rings (SSSR count). The Morgan fingerprint density at radius 2 is 2.00 bits per heavy atom. The molecule has 1 fully saturated rings. The third-order valence-corrected chi connectivity index (χ3v) is 5.73. The van der Waals surface area contributed by atoms with Crippen LogP contribution in [0.25, 0.3) is 44.7 Å². The van der Waals surface area contributed by atoms with Crippen molar-refractivity contribution < 1.29 is 4.79 Å². The monoisotopic (exact) mass is 410 g/mol. The Kier molecular flexibility index (Phi) is 3.98. The van der Waals surface area contributed by atoms with Crippen LogP contribution in [0, 0.1) is 5.92 Å². The van der Waals surface area contributed by atoms with Crippen LogP contribution in [0.4, 0.5) is 5.69 Å². The van der Waals surface area contributed by atoms with Crippen LogP contribution in [0.5, 0.6) is 0 Å². The molecule has 31 heavy (non-hydrogen) atoms. The van der Waals surface area contributed by atoms with Gasteiger partial charge in [-0.3, -0.25) is 24.8 Å². The first-order chi connectivity index (χ1) is 15.2. The number of rotatable bonds is 4. The fourth-order valence-electron chi connectivity index (χ4n) is 3.79. The highest BCUT2D eigenvalue weighted by Gasteiger charge is 2.25. The molecule has 1 aliphatic carbocycles. The number of imidazole rings is 1. The second-order valence-electron chi connectivity index (χ2n) is 7.74. The van der Waals surface area contributed by atoms with Gasteiger partial charge in [0.2, 0.25) is 5.91 Å². The number of hydrogen-bond donors (Lipinski definition) is 3. The maximum atomic E-state index is 12.3. The number of nitrogens with one attached hydrogen (secondary N) is 3. The van der Waals surface area contributed by atoms with Gasteiger partial charge in [-0.15, -0.1) is 0 Å². The Morgan fingerprint density at radius 3 is 2.84 bits per heavy atom. The van der Waals surface area contributed by atoms with Gasteiger partial charge in [0.25, 0.3) is 0 Å². The van der Waals surface area contributed by atoms with Crippen molar-refractivity contribution in [1.29, 1.82) is 0 Å². The third kappa shape index (κ3) is 3.10. The second kappa shape index (κ2) is 6.98. The molecule has 0 aliphatic heterocycles. The SMILES string of the molecule is O=C(Nc1cncc(-c2cc3c(-c4nc5ccncc5[nH]4)n[nH]c3cn2)c1)C1CCC1. The van der Waals surface area contributed by atoms with Crippen molar-refractivity contribution in [2.45, 2.75) is 19.3 Å². The molecule has 5 heterocycles. The summed E-state index contributed by atoms with van der Waals surface area (Å²) in [6.07, 6.45) is 11.6. The van der Waals surface area contributed by atoms with Crippen LogP contribution in [0.1, 0.15) is 19.3 Å². The van der Waals surface area contributed by atoms with Crippen LogP contribution in [0.3, 0.4) is 0 Å². The second-order valence-corrected chi connectivity index (χ2v) is 7.74. The minimum absolute atomic E-state index is 0.0603. The van der Waals surface area contributed by atoms with Gasteiger partial charge in [0.05, 0.1) is 46.5 Å². The van der Waals surface area contributed by atoms with E-state index in [9.17, 15) is 4.79 Å². The van der Waals surface area contributed by atoms with Crippen molar-refractivity contribution in [2.75, 3.05) is 5.32 Å². The Labute approximate surface area is 176 Å². The van der Waals surface area contributed by atoms with E-state index in [0.29, 0.717) is 17.2 Å². The van der Waals surface area contributed by atoms with Gasteiger partial charge in [-0.25, -0.2) is 4.98 Å². The lowest BCUT2D eigenvalue weighted by molar-refractivity contribution is -0.122. The molecule has 9 heteroatoms. The summed E-state index contributed by atoms with van der Waals surface area (Å²) in [4.78, 5) is 33.1. The minimum atomic E-state index is 0.0603. The maximum Gasteiger partial charge on any atom is 0.227 e. The van der Waals surface area contributed by atoms with Gasteiger partial charge in [-0.1, -0.05) is 6.42 Å². The number of nitrogens with zero attached hydrogens (tertiary/aromatic N) is 5. The molecular weight excluding hydrogens is 392 g/mol. The maximum absolute atomic E-state index is 12.3. The van der Waals surface area contributed by atoms with E-state index < -0.39 is 0 Å². The molecule has 1 amide bonds. The van der Waals surface area contributed by atoms with E-state index in [1.807, 2.05) is 18.2 Å². The molecule has 0 aromatic carbocycles. The normalized spacial score (nSPS) is 14.1. The van der Waals surface area contributed by atoms with Gasteiger partial charge >= 0.3 is 0 Å². The summed E-state index contributed by atoms with van der Waals surface area (Å²) >= 11 is 0. The van der Waals surface area contributed by atoms with Gasteiger partial charge in [0.15, 0.2) is 5.82 Å². The predicted molar refractivity (Wildman–Crippen MR) is 116 cm³/mol. The predicted octanol–water partition coefficient (Wildman–Crippen LogP) is 3.70. The smallest absolute Gasteiger partial charge is 0.227 e. The number of anilines is 1. The largest absolute Gasteiger partial charge is 0.335 e. The molecule has 152 valence electrons. The fourth-order valence-corrected chi connectivity index (χ4v) is 3.79. The van der Waals surface area contributed by atoms with E-state index in [0.717, 1.165) is 52.5 Å². The molecule has 0 saturated heterocycles. The molecular formula is C22H18N8O. The lowest BCUT2D eigenvalue weighted by Crippen LogP contribution is -2.28. The summed E-state index contributed by atoms with van der Waals surface area (Å²) in [5.41, 5.74) is 5.41. The fraction of sp³-hybridized carbons (Fsp3) is 0.182. The zero-order valence-corrected chi connectivity index (χ0v) is 16.5. The molecule has 0 radical (unpaired) electrons. The molecule has 5 aromatic heterocycles. The van der Waals surface area contributed by atoms with Crippen molar-refractivity contribution in [3.8, 4) is 22.8 Å². The topological polar surface area (TPSA) is 125 Å². The van der Waals surface area contributed by atoms with Crippen LogP contribution >= 0.6 is 0 Å². The lowest BCUT2D eigenvalue weighted by Gasteiger charge is -2.24. The highest BCUT2D eigenvalue weighted by atomic mass is 16.1. The van der Waals surface area contributed by atoms with Crippen molar-refractivity contribution in [3.63, 3.8) is 0 Å². The highest BCUT2D eigenvalue weighted by Crippen LogP contribution is 2.30. The first-order valence-corrected chi connectivity index (χ1v) is 10.1. The number of fused-ring (bicyclic) bond motifs is 2. The van der Waals surface area contributed by atoms with Gasteiger partial charge in [0, 0.05) is 29.3 Å². The molecule has 9 nitrogen and oxygen atoms in total. The summed E-state index contributed by atoms with van der Waals surface area (Å²) in [6, 6.07) is 5.70. The quantitative estimate of drug-likeness (QED) is 0.415. The number of carbonyl (C=O) groups excluding carboxylic acids is 1. The van der Waals surface area contributed by atoms with Gasteiger partial charge in [0.1, 0.15) is 5.69 Å². The number of carbonyl (C=O) groups is 1. The number of aromatic nitrogens is 7. The van der Waals surface area contributed by atoms with E-state index in [1.54, 1.807) is 31.0 Å². The Hall–Kier alpha value is -4.14. The third-order valence-electron chi connectivity index (χ3n) is 5.73. The van der Waals surface area contributed by atoms with E-state index in [-0.39, 0.29) is 11.8 Å². The van der Waals surface area contributed by atoms with Crippen molar-refractivity contribution in [2.24, 2.45) is 5.92 Å². The number of hydrogen-bond acceptors (Lipinski definition) is 6. The van der Waals surface area contributed by atoms with Crippen molar-refractivity contribution >= 4 is 33.5 Å². The van der Waals surface area contributed by atoms with Crippen LogP contribution in [-0.2, 0) is 4.79 Å². The molecule has 3 N–H and O–H groups in total. The average Bonchev–Trinajstić information content (AvgIpc) is 3.36. The number of amides is 1. The van der Waals surface area contributed by atoms with Gasteiger partial charge in [-0.05, 0) is 31.0 Å². The highest BCUT2D eigenvalue weighted by molar-refractivity contribution is 5.95. The van der Waals surface area contributed by atoms with E-state index in [2.05, 4.69) is 40.4 Å². The van der Waals surface area contributed by atoms with E-state index in [4.69, 9.17) is 0 Å².